The molecule has 1 atom stereocenters. The maximum Gasteiger partial charge on any atom is 0.411 e. The van der Waals surface area contributed by atoms with Gasteiger partial charge in [-0.05, 0) is 43.5 Å². The van der Waals surface area contributed by atoms with E-state index in [4.69, 9.17) is 15.5 Å². The molecule has 3 rings (SSSR count). The van der Waals surface area contributed by atoms with Crippen molar-refractivity contribution < 1.29 is 23.8 Å². The molecule has 0 saturated heterocycles. The molecular formula is C24H26FN3O4. The maximum atomic E-state index is 15.0. The van der Waals surface area contributed by atoms with Gasteiger partial charge in [-0.1, -0.05) is 32.0 Å². The predicted molar refractivity (Wildman–Crippen MR) is 121 cm³/mol. The van der Waals surface area contributed by atoms with Gasteiger partial charge in [0.2, 0.25) is 0 Å². The first kappa shape index (κ1) is 23.0. The van der Waals surface area contributed by atoms with Crippen molar-refractivity contribution in [3.05, 3.63) is 54.0 Å². The Kier molecular flexibility index (Phi) is 6.62. The van der Waals surface area contributed by atoms with E-state index >= 15 is 0 Å². The molecule has 1 aromatic heterocycles. The summed E-state index contributed by atoms with van der Waals surface area (Å²) >= 11 is 0. The van der Waals surface area contributed by atoms with Crippen molar-refractivity contribution in [3.8, 4) is 16.9 Å². The first-order chi connectivity index (χ1) is 15.1. The molecule has 3 aromatic rings. The lowest BCUT2D eigenvalue weighted by Crippen LogP contribution is -2.30. The van der Waals surface area contributed by atoms with Gasteiger partial charge in [0.1, 0.15) is 11.6 Å². The Morgan fingerprint density at radius 1 is 1.19 bits per heavy atom. The molecule has 0 fully saturated rings. The number of halogens is 1. The number of amides is 2. The Morgan fingerprint density at radius 2 is 1.88 bits per heavy atom. The molecule has 8 heteroatoms. The highest BCUT2D eigenvalue weighted by atomic mass is 19.1. The molecule has 2 amide bonds. The molecule has 0 aliphatic rings. The lowest BCUT2D eigenvalue weighted by Gasteiger charge is -2.24. The van der Waals surface area contributed by atoms with Crippen molar-refractivity contribution >= 4 is 28.6 Å². The number of nitrogens with zero attached hydrogens (tertiary/aromatic N) is 2. The largest absolute Gasteiger partial charge is 0.481 e. The summed E-state index contributed by atoms with van der Waals surface area (Å²) in [6.07, 6.45) is -1.57. The van der Waals surface area contributed by atoms with Crippen molar-refractivity contribution in [2.24, 2.45) is 11.7 Å². The van der Waals surface area contributed by atoms with Gasteiger partial charge >= 0.3 is 6.09 Å². The number of nitrogens with two attached hydrogens (primary N) is 1. The number of carbonyl (C=O) groups is 2. The van der Waals surface area contributed by atoms with E-state index in [1.54, 1.807) is 36.4 Å². The number of primary amides is 1. The van der Waals surface area contributed by atoms with Gasteiger partial charge in [-0.3, -0.25) is 14.7 Å². The van der Waals surface area contributed by atoms with Gasteiger partial charge in [-0.15, -0.1) is 0 Å². The molecule has 7 nitrogen and oxygen atoms in total. The van der Waals surface area contributed by atoms with Crippen LogP contribution in [0.1, 0.15) is 26.5 Å². The highest BCUT2D eigenvalue weighted by molar-refractivity contribution is 6.06. The van der Waals surface area contributed by atoms with Crippen LogP contribution in [0.5, 0.6) is 5.75 Å². The predicted octanol–water partition coefficient (Wildman–Crippen LogP) is 4.61. The van der Waals surface area contributed by atoms with E-state index in [0.29, 0.717) is 40.0 Å². The molecule has 0 saturated carbocycles. The van der Waals surface area contributed by atoms with Gasteiger partial charge in [-0.2, -0.15) is 0 Å². The average molecular weight is 439 g/mol. The number of aromatic nitrogens is 1. The first-order valence-corrected chi connectivity index (χ1v) is 10.2. The molecule has 168 valence electrons. The monoisotopic (exact) mass is 439 g/mol. The molecule has 0 aliphatic carbocycles. The number of ether oxygens (including phenoxy) is 1. The molecule has 0 radical (unpaired) electrons. The third-order valence-electron chi connectivity index (χ3n) is 5.08. The van der Waals surface area contributed by atoms with Gasteiger partial charge < -0.3 is 15.6 Å². The smallest absolute Gasteiger partial charge is 0.411 e. The third kappa shape index (κ3) is 4.64. The van der Waals surface area contributed by atoms with Crippen LogP contribution in [0.2, 0.25) is 0 Å². The van der Waals surface area contributed by atoms with Gasteiger partial charge in [0.05, 0.1) is 16.9 Å². The highest BCUT2D eigenvalue weighted by Crippen LogP contribution is 2.41. The Bertz CT molecular complexity index is 1180. The zero-order chi connectivity index (χ0) is 23.6. The summed E-state index contributed by atoms with van der Waals surface area (Å²) in [5.41, 5.74) is 7.36. The molecule has 0 spiro atoms. The molecule has 1 unspecified atom stereocenters. The van der Waals surface area contributed by atoms with Crippen LogP contribution in [-0.4, -0.2) is 35.2 Å². The minimum absolute atomic E-state index is 0.188. The van der Waals surface area contributed by atoms with E-state index < -0.39 is 23.9 Å². The minimum Gasteiger partial charge on any atom is -0.481 e. The van der Waals surface area contributed by atoms with Crippen LogP contribution in [0, 0.1) is 11.7 Å². The number of fused-ring (bicyclic) bond motifs is 1. The molecule has 0 aliphatic heterocycles. The molecule has 0 bridgehead atoms. The van der Waals surface area contributed by atoms with Gasteiger partial charge in [0, 0.05) is 23.6 Å². The Hall–Kier alpha value is -3.68. The van der Waals surface area contributed by atoms with E-state index in [2.05, 4.69) is 0 Å². The van der Waals surface area contributed by atoms with Crippen molar-refractivity contribution in [1.82, 2.24) is 4.98 Å². The quantitative estimate of drug-likeness (QED) is 0.559. The topological polar surface area (TPSA) is 106 Å². The second-order valence-electron chi connectivity index (χ2n) is 8.04. The summed E-state index contributed by atoms with van der Waals surface area (Å²) < 4.78 is 20.6. The van der Waals surface area contributed by atoms with Crippen LogP contribution >= 0.6 is 0 Å². The van der Waals surface area contributed by atoms with Crippen molar-refractivity contribution in [1.29, 1.82) is 0 Å². The van der Waals surface area contributed by atoms with E-state index in [0.717, 1.165) is 4.90 Å². The van der Waals surface area contributed by atoms with Gasteiger partial charge in [-0.25, -0.2) is 9.18 Å². The summed E-state index contributed by atoms with van der Waals surface area (Å²) in [5, 5.41) is 10.3. The number of anilines is 1. The number of carboxylic acid groups (broad SMARTS) is 1. The zero-order valence-electron chi connectivity index (χ0n) is 18.4. The van der Waals surface area contributed by atoms with Crippen LogP contribution in [0.25, 0.3) is 22.0 Å². The lowest BCUT2D eigenvalue weighted by atomic mass is 9.94. The van der Waals surface area contributed by atoms with Crippen LogP contribution in [0.3, 0.4) is 0 Å². The Morgan fingerprint density at radius 3 is 2.47 bits per heavy atom. The maximum absolute atomic E-state index is 15.0. The number of benzene rings is 2. The average Bonchev–Trinajstić information content (AvgIpc) is 2.72. The third-order valence-corrected chi connectivity index (χ3v) is 5.08. The van der Waals surface area contributed by atoms with E-state index in [-0.39, 0.29) is 11.5 Å². The number of rotatable bonds is 7. The summed E-state index contributed by atoms with van der Waals surface area (Å²) in [4.78, 5) is 29.2. The first-order valence-electron chi connectivity index (χ1n) is 10.2. The van der Waals surface area contributed by atoms with E-state index in [1.165, 1.54) is 20.0 Å². The molecular weight excluding hydrogens is 413 g/mol. The Labute approximate surface area is 185 Å². The van der Waals surface area contributed by atoms with Gasteiger partial charge in [0.15, 0.2) is 6.10 Å². The summed E-state index contributed by atoms with van der Waals surface area (Å²) in [7, 11) is 1.41. The molecule has 3 N–H and O–H groups in total. The number of pyridine rings is 1. The second-order valence-corrected chi connectivity index (χ2v) is 8.04. The van der Waals surface area contributed by atoms with Crippen LogP contribution in [0.15, 0.2) is 42.5 Å². The second kappa shape index (κ2) is 9.21. The number of hydrogen-bond acceptors (Lipinski definition) is 4. The minimum atomic E-state index is -1.19. The van der Waals surface area contributed by atoms with Crippen LogP contribution in [-0.2, 0) is 11.2 Å². The fraction of sp³-hybridized carbons (Fsp3) is 0.292. The number of hydrogen-bond donors (Lipinski definition) is 2. The van der Waals surface area contributed by atoms with E-state index in [9.17, 15) is 19.1 Å². The molecule has 2 aromatic carbocycles. The van der Waals surface area contributed by atoms with Crippen molar-refractivity contribution in [2.75, 3.05) is 11.9 Å². The fourth-order valence-corrected chi connectivity index (χ4v) is 3.54. The van der Waals surface area contributed by atoms with Gasteiger partial charge in [0.25, 0.3) is 5.91 Å². The van der Waals surface area contributed by atoms with Crippen LogP contribution < -0.4 is 15.4 Å². The summed E-state index contributed by atoms with van der Waals surface area (Å²) in [6.45, 7) is 5.53. The van der Waals surface area contributed by atoms with Crippen LogP contribution in [0.4, 0.5) is 14.9 Å². The summed E-state index contributed by atoms with van der Waals surface area (Å²) in [5.74, 6) is -0.597. The molecule has 1 heterocycles. The van der Waals surface area contributed by atoms with Crippen molar-refractivity contribution in [2.45, 2.75) is 33.3 Å². The van der Waals surface area contributed by atoms with Crippen molar-refractivity contribution in [3.63, 3.8) is 0 Å². The zero-order valence-corrected chi connectivity index (χ0v) is 18.4. The van der Waals surface area contributed by atoms with E-state index in [1.807, 2.05) is 13.8 Å². The normalized spacial score (nSPS) is 12.1. The highest BCUT2D eigenvalue weighted by Gasteiger charge is 2.25. The Balaban J connectivity index is 2.41. The number of carbonyl (C=O) groups excluding carboxylic acids is 1. The standard InChI is InChI=1S/C24H26FN3O4/c1-13(2)11-20-22(28(4)24(30)31)21(16-7-5-6-8-18(16)25)17-12-15(9-10-19(17)27-20)32-14(3)23(26)29/h5-10,12-14H,11H2,1-4H3,(H2,26,29)(H,30,31). The summed E-state index contributed by atoms with van der Waals surface area (Å²) in [6, 6.07) is 11.2. The SMILES string of the molecule is CC(C)Cc1nc2ccc(OC(C)C(N)=O)cc2c(-c2ccccc2F)c1N(C)C(=O)O. The lowest BCUT2D eigenvalue weighted by molar-refractivity contribution is -0.123. The molecule has 32 heavy (non-hydrogen) atoms. The fourth-order valence-electron chi connectivity index (χ4n) is 3.54.